The average Bonchev–Trinajstić information content (AvgIpc) is 2.55. The minimum Gasteiger partial charge on any atom is -0.332 e. The molecule has 0 saturated heterocycles. The lowest BCUT2D eigenvalue weighted by atomic mass is 9.96. The number of anilines is 1. The highest BCUT2D eigenvalue weighted by molar-refractivity contribution is 7.80. The van der Waals surface area contributed by atoms with Crippen molar-refractivity contribution in [2.75, 3.05) is 5.32 Å². The molecular weight excluding hydrogens is 316 g/mol. The molecule has 0 radical (unpaired) electrons. The Bertz CT molecular complexity index is 681. The fourth-order valence-corrected chi connectivity index (χ4v) is 2.69. The van der Waals surface area contributed by atoms with Crippen molar-refractivity contribution in [3.05, 3.63) is 65.7 Å². The molecule has 1 amide bonds. The summed E-state index contributed by atoms with van der Waals surface area (Å²) >= 11 is 5.21. The van der Waals surface area contributed by atoms with Gasteiger partial charge in [0.1, 0.15) is 0 Å². The Kier molecular flexibility index (Phi) is 6.50. The zero-order chi connectivity index (χ0) is 17.5. The molecular formula is C20H24N2OS. The number of carbonyl (C=O) groups is 1. The molecule has 4 heteroatoms. The van der Waals surface area contributed by atoms with Crippen molar-refractivity contribution in [3.8, 4) is 0 Å². The van der Waals surface area contributed by atoms with Crippen LogP contribution in [0.4, 0.5) is 5.69 Å². The second-order valence-corrected chi connectivity index (χ2v) is 6.78. The van der Waals surface area contributed by atoms with E-state index < -0.39 is 0 Å². The quantitative estimate of drug-likeness (QED) is 0.787. The van der Waals surface area contributed by atoms with E-state index in [0.29, 0.717) is 11.0 Å². The summed E-state index contributed by atoms with van der Waals surface area (Å²) in [6.45, 7) is 6.28. The number of amides is 1. The van der Waals surface area contributed by atoms with Gasteiger partial charge >= 0.3 is 0 Å². The average molecular weight is 340 g/mol. The van der Waals surface area contributed by atoms with E-state index in [1.165, 1.54) is 5.56 Å². The van der Waals surface area contributed by atoms with Crippen molar-refractivity contribution in [1.82, 2.24) is 5.32 Å². The molecule has 24 heavy (non-hydrogen) atoms. The fourth-order valence-electron chi connectivity index (χ4n) is 2.47. The third-order valence-electron chi connectivity index (χ3n) is 3.79. The Hall–Kier alpha value is -2.20. The summed E-state index contributed by atoms with van der Waals surface area (Å²) in [7, 11) is 0. The van der Waals surface area contributed by atoms with Crippen molar-refractivity contribution in [2.45, 2.75) is 33.1 Å². The van der Waals surface area contributed by atoms with Gasteiger partial charge in [-0.25, -0.2) is 0 Å². The second-order valence-electron chi connectivity index (χ2n) is 6.37. The van der Waals surface area contributed by atoms with Crippen molar-refractivity contribution >= 4 is 28.9 Å². The lowest BCUT2D eigenvalue weighted by Gasteiger charge is -2.15. The Morgan fingerprint density at radius 2 is 1.62 bits per heavy atom. The first-order chi connectivity index (χ1) is 11.5. The van der Waals surface area contributed by atoms with Gasteiger partial charge in [0.15, 0.2) is 5.11 Å². The Labute approximate surface area is 149 Å². The highest BCUT2D eigenvalue weighted by atomic mass is 32.1. The SMILES string of the molecule is CC(C)Cc1ccc(C(C)C(=O)NC(=S)Nc2ccccc2)cc1. The Balaban J connectivity index is 1.92. The van der Waals surface area contributed by atoms with Gasteiger partial charge in [0.2, 0.25) is 5.91 Å². The Morgan fingerprint density at radius 3 is 2.21 bits per heavy atom. The number of nitrogens with one attached hydrogen (secondary N) is 2. The molecule has 0 fully saturated rings. The summed E-state index contributed by atoms with van der Waals surface area (Å²) in [6, 6.07) is 17.8. The van der Waals surface area contributed by atoms with Crippen LogP contribution in [0.5, 0.6) is 0 Å². The molecule has 126 valence electrons. The minimum atomic E-state index is -0.256. The van der Waals surface area contributed by atoms with Crippen LogP contribution in [0.2, 0.25) is 0 Å². The number of hydrogen-bond acceptors (Lipinski definition) is 2. The summed E-state index contributed by atoms with van der Waals surface area (Å²) in [4.78, 5) is 12.4. The lowest BCUT2D eigenvalue weighted by molar-refractivity contribution is -0.120. The highest BCUT2D eigenvalue weighted by Gasteiger charge is 2.16. The summed E-state index contributed by atoms with van der Waals surface area (Å²) in [6.07, 6.45) is 1.05. The van der Waals surface area contributed by atoms with E-state index in [4.69, 9.17) is 12.2 Å². The largest absolute Gasteiger partial charge is 0.332 e. The van der Waals surface area contributed by atoms with Gasteiger partial charge in [-0.05, 0) is 54.7 Å². The van der Waals surface area contributed by atoms with Crippen LogP contribution >= 0.6 is 12.2 Å². The normalized spacial score (nSPS) is 11.8. The van der Waals surface area contributed by atoms with E-state index in [9.17, 15) is 4.79 Å². The number of thiocarbonyl (C=S) groups is 1. The lowest BCUT2D eigenvalue weighted by Crippen LogP contribution is -2.36. The topological polar surface area (TPSA) is 41.1 Å². The molecule has 1 unspecified atom stereocenters. The van der Waals surface area contributed by atoms with Gasteiger partial charge < -0.3 is 10.6 Å². The summed E-state index contributed by atoms with van der Waals surface area (Å²) < 4.78 is 0. The number of rotatable bonds is 5. The number of carbonyl (C=O) groups excluding carboxylic acids is 1. The molecule has 0 saturated carbocycles. The molecule has 2 aromatic rings. The van der Waals surface area contributed by atoms with Crippen LogP contribution in [0, 0.1) is 5.92 Å². The zero-order valence-electron chi connectivity index (χ0n) is 14.4. The monoisotopic (exact) mass is 340 g/mol. The molecule has 1 atom stereocenters. The Morgan fingerprint density at radius 1 is 1.00 bits per heavy atom. The van der Waals surface area contributed by atoms with E-state index in [2.05, 4.69) is 36.6 Å². The molecule has 0 spiro atoms. The molecule has 0 aliphatic rings. The van der Waals surface area contributed by atoms with E-state index in [0.717, 1.165) is 17.7 Å². The van der Waals surface area contributed by atoms with E-state index in [1.807, 2.05) is 49.4 Å². The van der Waals surface area contributed by atoms with Crippen LogP contribution in [0.3, 0.4) is 0 Å². The van der Waals surface area contributed by atoms with E-state index >= 15 is 0 Å². The van der Waals surface area contributed by atoms with Gasteiger partial charge in [0.05, 0.1) is 5.92 Å². The maximum absolute atomic E-state index is 12.4. The number of benzene rings is 2. The highest BCUT2D eigenvalue weighted by Crippen LogP contribution is 2.18. The van der Waals surface area contributed by atoms with Crippen molar-refractivity contribution in [1.29, 1.82) is 0 Å². The van der Waals surface area contributed by atoms with Gasteiger partial charge in [0.25, 0.3) is 0 Å². The second kappa shape index (κ2) is 8.60. The predicted octanol–water partition coefficient (Wildman–Crippen LogP) is 4.50. The summed E-state index contributed by atoms with van der Waals surface area (Å²) in [5, 5.41) is 6.08. The predicted molar refractivity (Wildman–Crippen MR) is 104 cm³/mol. The standard InChI is InChI=1S/C20H24N2OS/c1-14(2)13-16-9-11-17(12-10-16)15(3)19(23)22-20(24)21-18-7-5-4-6-8-18/h4-12,14-15H,13H2,1-3H3,(H2,21,22,23,24). The molecule has 0 aliphatic heterocycles. The molecule has 0 bridgehead atoms. The van der Waals surface area contributed by atoms with Crippen molar-refractivity contribution < 1.29 is 4.79 Å². The fraction of sp³-hybridized carbons (Fsp3) is 0.300. The molecule has 3 nitrogen and oxygen atoms in total. The van der Waals surface area contributed by atoms with Crippen LogP contribution in [0.15, 0.2) is 54.6 Å². The number of hydrogen-bond donors (Lipinski definition) is 2. The van der Waals surface area contributed by atoms with Crippen molar-refractivity contribution in [3.63, 3.8) is 0 Å². The first kappa shape index (κ1) is 18.1. The van der Waals surface area contributed by atoms with Gasteiger partial charge in [-0.2, -0.15) is 0 Å². The van der Waals surface area contributed by atoms with Gasteiger partial charge in [-0.1, -0.05) is 56.3 Å². The number of para-hydroxylation sites is 1. The molecule has 0 heterocycles. The molecule has 0 aliphatic carbocycles. The summed E-state index contributed by atoms with van der Waals surface area (Å²) in [5.74, 6) is 0.256. The maximum atomic E-state index is 12.4. The van der Waals surface area contributed by atoms with Crippen molar-refractivity contribution in [2.24, 2.45) is 5.92 Å². The third-order valence-corrected chi connectivity index (χ3v) is 3.99. The third kappa shape index (κ3) is 5.46. The molecule has 2 rings (SSSR count). The zero-order valence-corrected chi connectivity index (χ0v) is 15.2. The van der Waals surface area contributed by atoms with Crippen LogP contribution in [0.25, 0.3) is 0 Å². The van der Waals surface area contributed by atoms with Gasteiger partial charge in [-0.3, -0.25) is 4.79 Å². The molecule has 0 aromatic heterocycles. The minimum absolute atomic E-state index is 0.111. The van der Waals surface area contributed by atoms with E-state index in [1.54, 1.807) is 0 Å². The first-order valence-corrected chi connectivity index (χ1v) is 8.62. The molecule has 2 aromatic carbocycles. The summed E-state index contributed by atoms with van der Waals surface area (Å²) in [5.41, 5.74) is 3.14. The van der Waals surface area contributed by atoms with Crippen LogP contribution < -0.4 is 10.6 Å². The van der Waals surface area contributed by atoms with Gasteiger partial charge in [-0.15, -0.1) is 0 Å². The van der Waals surface area contributed by atoms with Crippen LogP contribution in [-0.2, 0) is 11.2 Å². The maximum Gasteiger partial charge on any atom is 0.233 e. The smallest absolute Gasteiger partial charge is 0.233 e. The van der Waals surface area contributed by atoms with E-state index in [-0.39, 0.29) is 11.8 Å². The van der Waals surface area contributed by atoms with Crippen LogP contribution in [-0.4, -0.2) is 11.0 Å². The van der Waals surface area contributed by atoms with Gasteiger partial charge in [0, 0.05) is 5.69 Å². The van der Waals surface area contributed by atoms with Crippen LogP contribution in [0.1, 0.15) is 37.8 Å². The first-order valence-electron chi connectivity index (χ1n) is 8.21. The molecule has 2 N–H and O–H groups in total.